The molecule has 0 fully saturated rings. The number of alkyl halides is 2. The minimum absolute atomic E-state index is 0.229. The number of halogens is 2. The fraction of sp³-hybridized carbons (Fsp3) is 0.333. The Hall–Kier alpha value is -1.67. The van der Waals surface area contributed by atoms with Gasteiger partial charge in [-0.3, -0.25) is 4.79 Å². The first-order valence-electron chi connectivity index (χ1n) is 5.50. The molecule has 0 bridgehead atoms. The van der Waals surface area contributed by atoms with Crippen molar-refractivity contribution in [2.75, 3.05) is 25.6 Å². The molecule has 0 aromatic heterocycles. The summed E-state index contributed by atoms with van der Waals surface area (Å²) in [5.74, 6) is -3.66. The lowest BCUT2D eigenvalue weighted by atomic mass is 10.3. The third-order valence-electron chi connectivity index (χ3n) is 1.99. The van der Waals surface area contributed by atoms with E-state index in [0.717, 1.165) is 0 Å². The minimum atomic E-state index is -2.49. The highest BCUT2D eigenvalue weighted by molar-refractivity contribution is 7.99. The third-order valence-corrected chi connectivity index (χ3v) is 2.71. The molecule has 0 saturated heterocycles. The largest absolute Gasteiger partial charge is 0.454 e. The molecular weight excluding hydrogens is 292 g/mol. The molecule has 110 valence electrons. The van der Waals surface area contributed by atoms with Gasteiger partial charge in [-0.15, -0.1) is 0 Å². The quantitative estimate of drug-likeness (QED) is 0.617. The van der Waals surface area contributed by atoms with Crippen molar-refractivity contribution in [3.8, 4) is 0 Å². The number of ether oxygens (including phenoxy) is 2. The van der Waals surface area contributed by atoms with Gasteiger partial charge in [-0.05, 0) is 24.3 Å². The number of hydrogen-bond acceptors (Lipinski definition) is 5. The first-order valence-corrected chi connectivity index (χ1v) is 6.38. The minimum Gasteiger partial charge on any atom is -0.454 e. The summed E-state index contributed by atoms with van der Waals surface area (Å²) in [6.07, 6.45) is 0. The van der Waals surface area contributed by atoms with Crippen molar-refractivity contribution in [2.24, 2.45) is 0 Å². The van der Waals surface area contributed by atoms with Gasteiger partial charge in [0.25, 0.3) is 11.7 Å². The lowest BCUT2D eigenvalue weighted by molar-refractivity contribution is -0.150. The lowest BCUT2D eigenvalue weighted by Gasteiger charge is -2.07. The fourth-order valence-electron chi connectivity index (χ4n) is 1.22. The van der Waals surface area contributed by atoms with Gasteiger partial charge in [0.05, 0.1) is 0 Å². The first-order chi connectivity index (χ1) is 9.51. The van der Waals surface area contributed by atoms with E-state index in [1.54, 1.807) is 0 Å². The monoisotopic (exact) mass is 305 g/mol. The average Bonchev–Trinajstić information content (AvgIpc) is 2.38. The van der Waals surface area contributed by atoms with Crippen molar-refractivity contribution in [1.29, 1.82) is 0 Å². The summed E-state index contributed by atoms with van der Waals surface area (Å²) in [5.41, 5.74) is 0.427. The molecule has 20 heavy (non-hydrogen) atoms. The Morgan fingerprint density at radius 2 is 1.90 bits per heavy atom. The van der Waals surface area contributed by atoms with E-state index in [0.29, 0.717) is 22.3 Å². The van der Waals surface area contributed by atoms with Crippen LogP contribution in [0.15, 0.2) is 29.2 Å². The third kappa shape index (κ3) is 6.48. The van der Waals surface area contributed by atoms with Gasteiger partial charge >= 0.3 is 5.97 Å². The molecule has 0 aliphatic rings. The maximum Gasteiger partial charge on any atom is 0.332 e. The Labute approximate surface area is 118 Å². The van der Waals surface area contributed by atoms with E-state index < -0.39 is 24.2 Å². The van der Waals surface area contributed by atoms with Gasteiger partial charge in [0.2, 0.25) is 0 Å². The number of carbonyl (C=O) groups excluding carboxylic acids is 2. The number of amides is 1. The zero-order valence-electron chi connectivity index (χ0n) is 10.6. The smallest absolute Gasteiger partial charge is 0.332 e. The Balaban J connectivity index is 2.40. The van der Waals surface area contributed by atoms with E-state index >= 15 is 0 Å². The molecule has 1 N–H and O–H groups in total. The van der Waals surface area contributed by atoms with Gasteiger partial charge in [-0.2, -0.15) is 8.78 Å². The summed E-state index contributed by atoms with van der Waals surface area (Å²) in [7, 11) is 1.33. The van der Waals surface area contributed by atoms with E-state index in [9.17, 15) is 18.4 Å². The van der Waals surface area contributed by atoms with Crippen LogP contribution in [0.4, 0.5) is 14.5 Å². The second kappa shape index (κ2) is 8.49. The number of carbonyl (C=O) groups is 2. The van der Waals surface area contributed by atoms with Crippen molar-refractivity contribution < 1.29 is 27.8 Å². The van der Waals surface area contributed by atoms with Crippen molar-refractivity contribution in [1.82, 2.24) is 0 Å². The Morgan fingerprint density at radius 3 is 2.45 bits per heavy atom. The van der Waals surface area contributed by atoms with Crippen LogP contribution in [0.1, 0.15) is 0 Å². The molecule has 0 aliphatic carbocycles. The summed E-state index contributed by atoms with van der Waals surface area (Å²) < 4.78 is 33.4. The van der Waals surface area contributed by atoms with Crippen LogP contribution in [0, 0.1) is 0 Å². The number of nitrogens with one attached hydrogen (secondary N) is 1. The SMILES string of the molecule is COCC(=O)OCC(=O)Nc1ccc(SC(F)F)cc1. The predicted molar refractivity (Wildman–Crippen MR) is 69.8 cm³/mol. The first kappa shape index (κ1) is 16.4. The van der Waals surface area contributed by atoms with Crippen LogP contribution in [0.5, 0.6) is 0 Å². The normalized spacial score (nSPS) is 10.4. The standard InChI is InChI=1S/C12H13F2NO4S/c1-18-7-11(17)19-6-10(16)15-8-2-4-9(5-3-8)20-12(13)14/h2-5,12H,6-7H2,1H3,(H,15,16). The van der Waals surface area contributed by atoms with Gasteiger partial charge < -0.3 is 14.8 Å². The fourth-order valence-corrected chi connectivity index (χ4v) is 1.72. The number of thioether (sulfide) groups is 1. The highest BCUT2D eigenvalue weighted by atomic mass is 32.2. The second-order valence-corrected chi connectivity index (χ2v) is 4.61. The van der Waals surface area contributed by atoms with Gasteiger partial charge in [0.15, 0.2) is 6.61 Å². The molecule has 1 rings (SSSR count). The Kier molecular flexibility index (Phi) is 6.96. The summed E-state index contributed by atoms with van der Waals surface area (Å²) in [5, 5.41) is 2.47. The zero-order chi connectivity index (χ0) is 15.0. The topological polar surface area (TPSA) is 64.6 Å². The molecule has 0 atom stereocenters. The molecule has 0 heterocycles. The Morgan fingerprint density at radius 1 is 1.25 bits per heavy atom. The predicted octanol–water partition coefficient (Wildman–Crippen LogP) is 2.13. The summed E-state index contributed by atoms with van der Waals surface area (Å²) in [6, 6.07) is 5.89. The van der Waals surface area contributed by atoms with Crippen LogP contribution in [-0.4, -0.2) is 38.0 Å². The molecule has 1 aromatic carbocycles. The molecule has 0 unspecified atom stereocenters. The molecule has 1 aromatic rings. The number of esters is 1. The summed E-state index contributed by atoms with van der Waals surface area (Å²) in [6.45, 7) is -0.664. The molecule has 0 aliphatic heterocycles. The van der Waals surface area contributed by atoms with Crippen LogP contribution >= 0.6 is 11.8 Å². The van der Waals surface area contributed by atoms with Gasteiger partial charge in [-0.25, -0.2) is 4.79 Å². The van der Waals surface area contributed by atoms with Crippen molar-refractivity contribution >= 4 is 29.3 Å². The number of hydrogen-bond donors (Lipinski definition) is 1. The maximum atomic E-state index is 12.1. The van der Waals surface area contributed by atoms with E-state index in [1.807, 2.05) is 0 Å². The van der Waals surface area contributed by atoms with Gasteiger partial charge in [-0.1, -0.05) is 11.8 Å². The van der Waals surface area contributed by atoms with Crippen molar-refractivity contribution in [3.05, 3.63) is 24.3 Å². The van der Waals surface area contributed by atoms with Crippen molar-refractivity contribution in [3.63, 3.8) is 0 Å². The summed E-state index contributed by atoms with van der Waals surface area (Å²) >= 11 is 0.416. The van der Waals surface area contributed by atoms with Crippen LogP contribution < -0.4 is 5.32 Å². The number of methoxy groups -OCH3 is 1. The van der Waals surface area contributed by atoms with Crippen LogP contribution in [0.3, 0.4) is 0 Å². The molecule has 1 amide bonds. The number of rotatable bonds is 7. The molecule has 0 radical (unpaired) electrons. The van der Waals surface area contributed by atoms with Gasteiger partial charge in [0.1, 0.15) is 6.61 Å². The highest BCUT2D eigenvalue weighted by Gasteiger charge is 2.08. The molecular formula is C12H13F2NO4S. The van der Waals surface area contributed by atoms with E-state index in [-0.39, 0.29) is 6.61 Å². The van der Waals surface area contributed by atoms with Crippen molar-refractivity contribution in [2.45, 2.75) is 10.7 Å². The lowest BCUT2D eigenvalue weighted by Crippen LogP contribution is -2.22. The van der Waals surface area contributed by atoms with Crippen LogP contribution in [0.2, 0.25) is 0 Å². The number of benzene rings is 1. The molecule has 0 saturated carbocycles. The van der Waals surface area contributed by atoms with E-state index in [1.165, 1.54) is 31.4 Å². The summed E-state index contributed by atoms with van der Waals surface area (Å²) in [4.78, 5) is 22.8. The number of anilines is 1. The molecule has 5 nitrogen and oxygen atoms in total. The molecule has 8 heteroatoms. The van der Waals surface area contributed by atoms with E-state index in [4.69, 9.17) is 0 Å². The highest BCUT2D eigenvalue weighted by Crippen LogP contribution is 2.26. The van der Waals surface area contributed by atoms with Crippen LogP contribution in [0.25, 0.3) is 0 Å². The van der Waals surface area contributed by atoms with E-state index in [2.05, 4.69) is 14.8 Å². The maximum absolute atomic E-state index is 12.1. The van der Waals surface area contributed by atoms with Crippen LogP contribution in [-0.2, 0) is 19.1 Å². The molecule has 0 spiro atoms. The average molecular weight is 305 g/mol. The zero-order valence-corrected chi connectivity index (χ0v) is 11.4. The van der Waals surface area contributed by atoms with Gasteiger partial charge in [0, 0.05) is 17.7 Å². The second-order valence-electron chi connectivity index (χ2n) is 3.54. The Bertz CT molecular complexity index is 453.